The molecule has 2 rings (SSSR count). The van der Waals surface area contributed by atoms with Crippen molar-refractivity contribution < 1.29 is 5.11 Å². The maximum absolute atomic E-state index is 9.39. The van der Waals surface area contributed by atoms with Crippen LogP contribution in [0.4, 0.5) is 0 Å². The summed E-state index contributed by atoms with van der Waals surface area (Å²) in [6.45, 7) is 5.09. The van der Waals surface area contributed by atoms with E-state index in [0.29, 0.717) is 0 Å². The lowest BCUT2D eigenvalue weighted by Gasteiger charge is -2.28. The summed E-state index contributed by atoms with van der Waals surface area (Å²) in [7, 11) is 0. The Morgan fingerprint density at radius 2 is 2.27 bits per heavy atom. The summed E-state index contributed by atoms with van der Waals surface area (Å²) < 4.78 is 0. The summed E-state index contributed by atoms with van der Waals surface area (Å²) in [6.07, 6.45) is 2.77. The maximum Gasteiger partial charge on any atom is 0.0926 e. The van der Waals surface area contributed by atoms with Gasteiger partial charge in [0.1, 0.15) is 0 Å². The molecule has 1 aromatic rings. The highest BCUT2D eigenvalue weighted by Gasteiger charge is 2.17. The Balaban J connectivity index is 1.86. The minimum Gasteiger partial charge on any atom is -0.393 e. The molecule has 0 aromatic carbocycles. The van der Waals surface area contributed by atoms with Gasteiger partial charge in [0, 0.05) is 25.0 Å². The SMILES string of the molecule is CCc1nc(CN2CCC(O)CC2)cs1. The second-order valence-electron chi connectivity index (χ2n) is 4.09. The van der Waals surface area contributed by atoms with Crippen LogP contribution < -0.4 is 0 Å². The molecule has 0 atom stereocenters. The van der Waals surface area contributed by atoms with Gasteiger partial charge in [-0.15, -0.1) is 11.3 Å². The summed E-state index contributed by atoms with van der Waals surface area (Å²) in [6, 6.07) is 0. The molecular formula is C11H18N2OS. The molecule has 0 bridgehead atoms. The van der Waals surface area contributed by atoms with E-state index in [1.54, 1.807) is 11.3 Å². The average molecular weight is 226 g/mol. The van der Waals surface area contributed by atoms with Gasteiger partial charge in [-0.1, -0.05) is 6.92 Å². The Morgan fingerprint density at radius 1 is 1.53 bits per heavy atom. The Morgan fingerprint density at radius 3 is 2.87 bits per heavy atom. The molecular weight excluding hydrogens is 208 g/mol. The molecule has 0 aliphatic carbocycles. The van der Waals surface area contributed by atoms with Crippen LogP contribution in [-0.2, 0) is 13.0 Å². The maximum atomic E-state index is 9.39. The van der Waals surface area contributed by atoms with Crippen molar-refractivity contribution in [2.45, 2.75) is 38.8 Å². The number of aromatic nitrogens is 1. The van der Waals surface area contributed by atoms with Crippen molar-refractivity contribution in [1.82, 2.24) is 9.88 Å². The van der Waals surface area contributed by atoms with Crippen LogP contribution in [-0.4, -0.2) is 34.2 Å². The van der Waals surface area contributed by atoms with Gasteiger partial charge >= 0.3 is 0 Å². The molecule has 4 heteroatoms. The van der Waals surface area contributed by atoms with Crippen LogP contribution >= 0.6 is 11.3 Å². The molecule has 0 saturated carbocycles. The number of nitrogens with zero attached hydrogens (tertiary/aromatic N) is 2. The summed E-state index contributed by atoms with van der Waals surface area (Å²) >= 11 is 1.75. The third-order valence-electron chi connectivity index (χ3n) is 2.84. The van der Waals surface area contributed by atoms with E-state index in [1.807, 2.05) is 0 Å². The van der Waals surface area contributed by atoms with E-state index < -0.39 is 0 Å². The summed E-state index contributed by atoms with van der Waals surface area (Å²) in [4.78, 5) is 6.93. The van der Waals surface area contributed by atoms with Crippen LogP contribution in [0.15, 0.2) is 5.38 Å². The van der Waals surface area contributed by atoms with Crippen molar-refractivity contribution in [2.24, 2.45) is 0 Å². The Bertz CT molecular complexity index is 305. The standard InChI is InChI=1S/C11H18N2OS/c1-2-11-12-9(8-15-11)7-13-5-3-10(14)4-6-13/h8,10,14H,2-7H2,1H3. The zero-order valence-electron chi connectivity index (χ0n) is 9.15. The zero-order chi connectivity index (χ0) is 10.7. The highest BCUT2D eigenvalue weighted by Crippen LogP contribution is 2.16. The largest absolute Gasteiger partial charge is 0.393 e. The quantitative estimate of drug-likeness (QED) is 0.851. The third kappa shape index (κ3) is 3.00. The van der Waals surface area contributed by atoms with E-state index in [4.69, 9.17) is 0 Å². The Labute approximate surface area is 94.8 Å². The second-order valence-corrected chi connectivity index (χ2v) is 5.04. The fraction of sp³-hybridized carbons (Fsp3) is 0.727. The molecule has 1 N–H and O–H groups in total. The van der Waals surface area contributed by atoms with E-state index in [-0.39, 0.29) is 6.10 Å². The van der Waals surface area contributed by atoms with Gasteiger partial charge in [0.15, 0.2) is 0 Å². The number of thiazole rings is 1. The number of rotatable bonds is 3. The van der Waals surface area contributed by atoms with E-state index in [0.717, 1.165) is 38.9 Å². The molecule has 0 radical (unpaired) electrons. The van der Waals surface area contributed by atoms with Gasteiger partial charge in [0.05, 0.1) is 16.8 Å². The van der Waals surface area contributed by atoms with Gasteiger partial charge in [-0.2, -0.15) is 0 Å². The van der Waals surface area contributed by atoms with E-state index in [1.165, 1.54) is 10.7 Å². The summed E-state index contributed by atoms with van der Waals surface area (Å²) in [5.74, 6) is 0. The van der Waals surface area contributed by atoms with Crippen molar-refractivity contribution in [2.75, 3.05) is 13.1 Å². The van der Waals surface area contributed by atoms with Gasteiger partial charge in [-0.05, 0) is 19.3 Å². The van der Waals surface area contributed by atoms with Crippen molar-refractivity contribution in [3.8, 4) is 0 Å². The van der Waals surface area contributed by atoms with Crippen LogP contribution in [0.25, 0.3) is 0 Å². The number of aliphatic hydroxyl groups excluding tert-OH is 1. The van der Waals surface area contributed by atoms with E-state index >= 15 is 0 Å². The highest BCUT2D eigenvalue weighted by atomic mass is 32.1. The molecule has 3 nitrogen and oxygen atoms in total. The molecule has 2 heterocycles. The molecule has 1 aromatic heterocycles. The molecule has 1 aliphatic rings. The van der Waals surface area contributed by atoms with Gasteiger partial charge in [-0.3, -0.25) is 4.90 Å². The van der Waals surface area contributed by atoms with Crippen molar-refractivity contribution >= 4 is 11.3 Å². The first-order valence-electron chi connectivity index (χ1n) is 5.61. The number of hydrogen-bond acceptors (Lipinski definition) is 4. The van der Waals surface area contributed by atoms with E-state index in [2.05, 4.69) is 22.2 Å². The summed E-state index contributed by atoms with van der Waals surface area (Å²) in [5, 5.41) is 12.8. The lowest BCUT2D eigenvalue weighted by Crippen LogP contribution is -2.35. The van der Waals surface area contributed by atoms with Crippen LogP contribution in [0.1, 0.15) is 30.5 Å². The Kier molecular flexibility index (Phi) is 3.72. The highest BCUT2D eigenvalue weighted by molar-refractivity contribution is 7.09. The average Bonchev–Trinajstić information content (AvgIpc) is 2.69. The molecule has 0 amide bonds. The lowest BCUT2D eigenvalue weighted by atomic mass is 10.1. The predicted molar refractivity (Wildman–Crippen MR) is 62.0 cm³/mol. The van der Waals surface area contributed by atoms with Crippen LogP contribution in [0.2, 0.25) is 0 Å². The molecule has 84 valence electrons. The van der Waals surface area contributed by atoms with Crippen molar-refractivity contribution in [3.05, 3.63) is 16.1 Å². The van der Waals surface area contributed by atoms with Crippen molar-refractivity contribution in [3.63, 3.8) is 0 Å². The molecule has 1 aliphatic heterocycles. The number of piperidine rings is 1. The van der Waals surface area contributed by atoms with Gasteiger partial charge in [0.25, 0.3) is 0 Å². The molecule has 15 heavy (non-hydrogen) atoms. The van der Waals surface area contributed by atoms with Crippen molar-refractivity contribution in [1.29, 1.82) is 0 Å². The first-order valence-corrected chi connectivity index (χ1v) is 6.49. The van der Waals surface area contributed by atoms with Crippen LogP contribution in [0.3, 0.4) is 0 Å². The topological polar surface area (TPSA) is 36.4 Å². The predicted octanol–water partition coefficient (Wildman–Crippen LogP) is 1.66. The summed E-state index contributed by atoms with van der Waals surface area (Å²) in [5.41, 5.74) is 1.19. The van der Waals surface area contributed by atoms with Crippen LogP contribution in [0, 0.1) is 0 Å². The minimum absolute atomic E-state index is 0.0807. The fourth-order valence-electron chi connectivity index (χ4n) is 1.89. The molecule has 1 saturated heterocycles. The number of aryl methyl sites for hydroxylation is 1. The smallest absolute Gasteiger partial charge is 0.0926 e. The van der Waals surface area contributed by atoms with Crippen LogP contribution in [0.5, 0.6) is 0 Å². The number of likely N-dealkylation sites (tertiary alicyclic amines) is 1. The third-order valence-corrected chi connectivity index (χ3v) is 3.89. The molecule has 0 spiro atoms. The zero-order valence-corrected chi connectivity index (χ0v) is 9.96. The Hall–Kier alpha value is -0.450. The van der Waals surface area contributed by atoms with Gasteiger partial charge < -0.3 is 5.11 Å². The first kappa shape index (κ1) is 11.0. The lowest BCUT2D eigenvalue weighted by molar-refractivity contribution is 0.0787. The minimum atomic E-state index is -0.0807. The van der Waals surface area contributed by atoms with Gasteiger partial charge in [-0.25, -0.2) is 4.98 Å². The fourth-order valence-corrected chi connectivity index (χ4v) is 2.63. The molecule has 1 fully saturated rings. The first-order chi connectivity index (χ1) is 7.28. The monoisotopic (exact) mass is 226 g/mol. The normalized spacial score (nSPS) is 19.6. The number of hydrogen-bond donors (Lipinski definition) is 1. The number of aliphatic hydroxyl groups is 1. The van der Waals surface area contributed by atoms with Gasteiger partial charge in [0.2, 0.25) is 0 Å². The molecule has 0 unspecified atom stereocenters. The second kappa shape index (κ2) is 5.05. The van der Waals surface area contributed by atoms with E-state index in [9.17, 15) is 5.11 Å².